The zero-order valence-corrected chi connectivity index (χ0v) is 10.7. The predicted molar refractivity (Wildman–Crippen MR) is 68.6 cm³/mol. The first-order chi connectivity index (χ1) is 7.13. The van der Waals surface area contributed by atoms with Gasteiger partial charge >= 0.3 is 0 Å². The largest absolute Gasteiger partial charge is 0.388 e. The van der Waals surface area contributed by atoms with Gasteiger partial charge in [-0.15, -0.1) is 0 Å². The van der Waals surface area contributed by atoms with Crippen molar-refractivity contribution in [3.63, 3.8) is 0 Å². The van der Waals surface area contributed by atoms with Crippen LogP contribution in [0.15, 0.2) is 24.3 Å². The number of hydrogen-bond donors (Lipinski definition) is 1. The van der Waals surface area contributed by atoms with E-state index in [1.165, 1.54) is 0 Å². The molecule has 0 aliphatic carbocycles. The Kier molecular flexibility index (Phi) is 5.51. The summed E-state index contributed by atoms with van der Waals surface area (Å²) in [4.78, 5) is 0. The minimum Gasteiger partial charge on any atom is -0.388 e. The van der Waals surface area contributed by atoms with Gasteiger partial charge in [0.2, 0.25) is 0 Å². The second-order valence-electron chi connectivity index (χ2n) is 3.62. The quantitative estimate of drug-likeness (QED) is 0.848. The van der Waals surface area contributed by atoms with Gasteiger partial charge in [0.1, 0.15) is 0 Å². The molecule has 15 heavy (non-hydrogen) atoms. The number of aliphatic hydroxyl groups is 1. The fourth-order valence-corrected chi connectivity index (χ4v) is 2.22. The van der Waals surface area contributed by atoms with Crippen LogP contribution < -0.4 is 0 Å². The molecule has 0 fully saturated rings. The van der Waals surface area contributed by atoms with Crippen LogP contribution in [0, 0.1) is 0 Å². The molecule has 1 nitrogen and oxygen atoms in total. The number of halogens is 1. The normalized spacial score (nSPS) is 14.9. The molecule has 0 saturated carbocycles. The topological polar surface area (TPSA) is 20.2 Å². The molecule has 0 aliphatic rings. The number of rotatable bonds is 5. The minimum atomic E-state index is -0.388. The third-order valence-electron chi connectivity index (χ3n) is 2.37. The summed E-state index contributed by atoms with van der Waals surface area (Å²) in [7, 11) is 0. The molecule has 0 amide bonds. The molecular weight excluding hydrogens is 228 g/mol. The summed E-state index contributed by atoms with van der Waals surface area (Å²) in [5.41, 5.74) is 0.940. The standard InChI is InChI=1S/C12H17ClOS/c1-3-9(2)15-8-12(14)10-4-6-11(13)7-5-10/h4-7,9,12,14H,3,8H2,1-2H3. The number of thioether (sulfide) groups is 1. The Morgan fingerprint density at radius 3 is 2.47 bits per heavy atom. The maximum Gasteiger partial charge on any atom is 0.0880 e. The highest BCUT2D eigenvalue weighted by atomic mass is 35.5. The highest BCUT2D eigenvalue weighted by Crippen LogP contribution is 2.23. The molecule has 0 aromatic heterocycles. The van der Waals surface area contributed by atoms with Crippen molar-refractivity contribution in [2.45, 2.75) is 31.6 Å². The fraction of sp³-hybridized carbons (Fsp3) is 0.500. The Labute approximate surface area is 101 Å². The molecule has 2 unspecified atom stereocenters. The van der Waals surface area contributed by atoms with Crippen LogP contribution >= 0.6 is 23.4 Å². The van der Waals surface area contributed by atoms with Gasteiger partial charge in [-0.1, -0.05) is 37.6 Å². The Morgan fingerprint density at radius 1 is 1.33 bits per heavy atom. The van der Waals surface area contributed by atoms with Gasteiger partial charge in [0.15, 0.2) is 0 Å². The van der Waals surface area contributed by atoms with Crippen LogP contribution in [0.5, 0.6) is 0 Å². The van der Waals surface area contributed by atoms with E-state index >= 15 is 0 Å². The molecule has 1 rings (SSSR count). The summed E-state index contributed by atoms with van der Waals surface area (Å²) < 4.78 is 0. The lowest BCUT2D eigenvalue weighted by atomic mass is 10.1. The summed E-state index contributed by atoms with van der Waals surface area (Å²) in [6.45, 7) is 4.34. The lowest BCUT2D eigenvalue weighted by molar-refractivity contribution is 0.204. The van der Waals surface area contributed by atoms with Crippen LogP contribution in [0.2, 0.25) is 5.02 Å². The maximum absolute atomic E-state index is 9.89. The summed E-state index contributed by atoms with van der Waals surface area (Å²) in [6, 6.07) is 7.39. The van der Waals surface area contributed by atoms with Gasteiger partial charge in [-0.05, 0) is 24.1 Å². The number of aliphatic hydroxyl groups excluding tert-OH is 1. The summed E-state index contributed by atoms with van der Waals surface area (Å²) in [5.74, 6) is 0.747. The highest BCUT2D eigenvalue weighted by molar-refractivity contribution is 7.99. The minimum absolute atomic E-state index is 0.388. The first-order valence-corrected chi connectivity index (χ1v) is 6.61. The highest BCUT2D eigenvalue weighted by Gasteiger charge is 2.09. The van der Waals surface area contributed by atoms with E-state index in [0.29, 0.717) is 10.3 Å². The van der Waals surface area contributed by atoms with Gasteiger partial charge in [0, 0.05) is 16.0 Å². The molecule has 2 atom stereocenters. The second kappa shape index (κ2) is 6.41. The molecule has 84 valence electrons. The fourth-order valence-electron chi connectivity index (χ4n) is 1.15. The van der Waals surface area contributed by atoms with Gasteiger partial charge < -0.3 is 5.11 Å². The summed E-state index contributed by atoms with van der Waals surface area (Å²) in [6.07, 6.45) is 0.749. The van der Waals surface area contributed by atoms with E-state index in [-0.39, 0.29) is 6.10 Å². The van der Waals surface area contributed by atoms with E-state index in [4.69, 9.17) is 11.6 Å². The van der Waals surface area contributed by atoms with E-state index in [0.717, 1.165) is 17.7 Å². The predicted octanol–water partition coefficient (Wildman–Crippen LogP) is 3.91. The van der Waals surface area contributed by atoms with Crippen LogP contribution in [-0.4, -0.2) is 16.1 Å². The molecular formula is C12H17ClOS. The molecule has 0 spiro atoms. The summed E-state index contributed by atoms with van der Waals surface area (Å²) >= 11 is 7.58. The van der Waals surface area contributed by atoms with Crippen LogP contribution in [0.3, 0.4) is 0 Å². The third kappa shape index (κ3) is 4.45. The Morgan fingerprint density at radius 2 is 1.93 bits per heavy atom. The van der Waals surface area contributed by atoms with Crippen molar-refractivity contribution in [1.29, 1.82) is 0 Å². The molecule has 0 saturated heterocycles. The Hall–Kier alpha value is -0.180. The smallest absolute Gasteiger partial charge is 0.0880 e. The van der Waals surface area contributed by atoms with Crippen LogP contribution in [0.4, 0.5) is 0 Å². The third-order valence-corrected chi connectivity index (χ3v) is 4.03. The van der Waals surface area contributed by atoms with Crippen molar-refractivity contribution < 1.29 is 5.11 Å². The van der Waals surface area contributed by atoms with Crippen molar-refractivity contribution >= 4 is 23.4 Å². The van der Waals surface area contributed by atoms with Crippen molar-refractivity contribution in [3.8, 4) is 0 Å². The van der Waals surface area contributed by atoms with Crippen LogP contribution in [0.1, 0.15) is 31.9 Å². The zero-order chi connectivity index (χ0) is 11.3. The van der Waals surface area contributed by atoms with Gasteiger partial charge in [0.25, 0.3) is 0 Å². The number of hydrogen-bond acceptors (Lipinski definition) is 2. The van der Waals surface area contributed by atoms with Crippen molar-refractivity contribution in [3.05, 3.63) is 34.9 Å². The first kappa shape index (κ1) is 12.9. The van der Waals surface area contributed by atoms with Crippen molar-refractivity contribution in [1.82, 2.24) is 0 Å². The number of benzene rings is 1. The van der Waals surface area contributed by atoms with E-state index in [2.05, 4.69) is 13.8 Å². The van der Waals surface area contributed by atoms with Gasteiger partial charge in [-0.2, -0.15) is 11.8 Å². The lowest BCUT2D eigenvalue weighted by Crippen LogP contribution is -2.04. The van der Waals surface area contributed by atoms with Crippen LogP contribution in [-0.2, 0) is 0 Å². The van der Waals surface area contributed by atoms with Gasteiger partial charge in [-0.3, -0.25) is 0 Å². The Balaban J connectivity index is 2.46. The first-order valence-electron chi connectivity index (χ1n) is 5.18. The summed E-state index contributed by atoms with van der Waals surface area (Å²) in [5, 5.41) is 11.2. The molecule has 3 heteroatoms. The molecule has 0 radical (unpaired) electrons. The lowest BCUT2D eigenvalue weighted by Gasteiger charge is -2.13. The molecule has 1 aromatic rings. The van der Waals surface area contributed by atoms with Gasteiger partial charge in [0.05, 0.1) is 6.10 Å². The molecule has 1 N–H and O–H groups in total. The SMILES string of the molecule is CCC(C)SCC(O)c1ccc(Cl)cc1. The molecule has 0 aliphatic heterocycles. The van der Waals surface area contributed by atoms with Crippen LogP contribution in [0.25, 0.3) is 0 Å². The van der Waals surface area contributed by atoms with Crippen molar-refractivity contribution in [2.75, 3.05) is 5.75 Å². The molecule has 0 heterocycles. The van der Waals surface area contributed by atoms with Crippen molar-refractivity contribution in [2.24, 2.45) is 0 Å². The van der Waals surface area contributed by atoms with E-state index in [9.17, 15) is 5.11 Å². The van der Waals surface area contributed by atoms with E-state index in [1.807, 2.05) is 24.3 Å². The molecule has 0 bridgehead atoms. The van der Waals surface area contributed by atoms with E-state index < -0.39 is 0 Å². The molecule has 1 aromatic carbocycles. The average molecular weight is 245 g/mol. The maximum atomic E-state index is 9.89. The average Bonchev–Trinajstić information content (AvgIpc) is 2.26. The zero-order valence-electron chi connectivity index (χ0n) is 9.11. The second-order valence-corrected chi connectivity index (χ2v) is 5.53. The van der Waals surface area contributed by atoms with E-state index in [1.54, 1.807) is 11.8 Å². The van der Waals surface area contributed by atoms with Gasteiger partial charge in [-0.25, -0.2) is 0 Å². The Bertz CT molecular complexity index is 286. The monoisotopic (exact) mass is 244 g/mol.